The molecule has 1 amide bonds. The second kappa shape index (κ2) is 7.73. The number of halogens is 2. The summed E-state index contributed by atoms with van der Waals surface area (Å²) in [7, 11) is 1.96. The van der Waals surface area contributed by atoms with Gasteiger partial charge in [0.1, 0.15) is 0 Å². The van der Waals surface area contributed by atoms with E-state index in [1.807, 2.05) is 18.0 Å². The number of likely N-dealkylation sites (tertiary alicyclic amines) is 1. The monoisotopic (exact) mass is 374 g/mol. The first-order valence-corrected chi connectivity index (χ1v) is 10.1. The first-order chi connectivity index (χ1) is 11.1. The van der Waals surface area contributed by atoms with Gasteiger partial charge in [-0.25, -0.2) is 0 Å². The first kappa shape index (κ1) is 17.5. The van der Waals surface area contributed by atoms with Crippen LogP contribution in [0.25, 0.3) is 0 Å². The average Bonchev–Trinajstić information content (AvgIpc) is 3.17. The summed E-state index contributed by atoms with van der Waals surface area (Å²) in [4.78, 5) is 17.3. The summed E-state index contributed by atoms with van der Waals surface area (Å²) < 4.78 is 1.28. The number of nitrogens with zero attached hydrogens (tertiary/aromatic N) is 2. The van der Waals surface area contributed by atoms with Crippen LogP contribution in [0.3, 0.4) is 0 Å². The molecule has 1 saturated carbocycles. The maximum Gasteiger partial charge on any atom is 0.227 e. The van der Waals surface area contributed by atoms with E-state index in [9.17, 15) is 4.79 Å². The van der Waals surface area contributed by atoms with Crippen molar-refractivity contribution in [2.45, 2.75) is 57.0 Å². The van der Waals surface area contributed by atoms with Gasteiger partial charge in [0.05, 0.1) is 15.1 Å². The molecule has 23 heavy (non-hydrogen) atoms. The molecule has 3 nitrogen and oxygen atoms in total. The fraction of sp³-hybridized carbons (Fsp3) is 0.706. The van der Waals surface area contributed by atoms with Gasteiger partial charge in [-0.1, -0.05) is 36.0 Å². The van der Waals surface area contributed by atoms with Crippen molar-refractivity contribution in [3.63, 3.8) is 0 Å². The van der Waals surface area contributed by atoms with Gasteiger partial charge in [0.2, 0.25) is 5.91 Å². The molecule has 2 atom stereocenters. The molecular formula is C17H24Cl2N2OS. The molecule has 2 aliphatic rings. The zero-order valence-corrected chi connectivity index (χ0v) is 15.9. The third-order valence-electron chi connectivity index (χ3n) is 5.26. The molecule has 2 heterocycles. The fourth-order valence-corrected chi connectivity index (χ4v) is 5.50. The second-order valence-electron chi connectivity index (χ2n) is 6.69. The van der Waals surface area contributed by atoms with Crippen LogP contribution in [0.1, 0.15) is 44.1 Å². The van der Waals surface area contributed by atoms with Gasteiger partial charge in [0, 0.05) is 19.1 Å². The Morgan fingerprint density at radius 1 is 1.26 bits per heavy atom. The lowest BCUT2D eigenvalue weighted by Crippen LogP contribution is -2.53. The number of amides is 1. The molecular weight excluding hydrogens is 351 g/mol. The Labute approximate surface area is 152 Å². The average molecular weight is 375 g/mol. The van der Waals surface area contributed by atoms with Gasteiger partial charge in [0.15, 0.2) is 0 Å². The summed E-state index contributed by atoms with van der Waals surface area (Å²) >= 11 is 13.5. The van der Waals surface area contributed by atoms with Crippen LogP contribution in [0.15, 0.2) is 6.07 Å². The van der Waals surface area contributed by atoms with Crippen molar-refractivity contribution in [2.75, 3.05) is 20.1 Å². The van der Waals surface area contributed by atoms with Crippen LogP contribution in [0.4, 0.5) is 0 Å². The number of carbonyl (C=O) groups is 1. The molecule has 1 aliphatic carbocycles. The highest BCUT2D eigenvalue weighted by Gasteiger charge is 2.35. The normalized spacial score (nSPS) is 25.7. The van der Waals surface area contributed by atoms with Crippen LogP contribution < -0.4 is 0 Å². The van der Waals surface area contributed by atoms with Crippen LogP contribution in [-0.4, -0.2) is 47.9 Å². The van der Waals surface area contributed by atoms with Gasteiger partial charge < -0.3 is 4.90 Å². The van der Waals surface area contributed by atoms with Crippen LogP contribution in [0.2, 0.25) is 8.67 Å². The third kappa shape index (κ3) is 4.04. The molecule has 1 aromatic heterocycles. The van der Waals surface area contributed by atoms with E-state index in [1.165, 1.54) is 56.5 Å². The van der Waals surface area contributed by atoms with Crippen molar-refractivity contribution in [3.05, 3.63) is 20.3 Å². The zero-order valence-electron chi connectivity index (χ0n) is 13.6. The largest absolute Gasteiger partial charge is 0.341 e. The molecule has 0 N–H and O–H groups in total. The van der Waals surface area contributed by atoms with E-state index in [0.29, 0.717) is 27.2 Å². The van der Waals surface area contributed by atoms with Crippen LogP contribution in [0, 0.1) is 0 Å². The van der Waals surface area contributed by atoms with Crippen LogP contribution in [-0.2, 0) is 11.2 Å². The molecule has 1 aliphatic heterocycles. The van der Waals surface area contributed by atoms with Crippen LogP contribution in [0.5, 0.6) is 0 Å². The van der Waals surface area contributed by atoms with Crippen molar-refractivity contribution >= 4 is 40.4 Å². The van der Waals surface area contributed by atoms with Gasteiger partial charge in [-0.05, 0) is 50.4 Å². The van der Waals surface area contributed by atoms with Crippen molar-refractivity contribution < 1.29 is 4.79 Å². The number of hydrogen-bond donors (Lipinski definition) is 0. The Bertz CT molecular complexity index is 557. The molecule has 0 aromatic carbocycles. The molecule has 1 aromatic rings. The fourth-order valence-electron chi connectivity index (χ4n) is 4.01. The summed E-state index contributed by atoms with van der Waals surface area (Å²) in [5, 5.41) is 0. The number of rotatable bonds is 4. The van der Waals surface area contributed by atoms with E-state index in [-0.39, 0.29) is 5.91 Å². The minimum absolute atomic E-state index is 0.150. The Kier molecular flexibility index (Phi) is 5.89. The van der Waals surface area contributed by atoms with Crippen molar-refractivity contribution in [1.29, 1.82) is 0 Å². The van der Waals surface area contributed by atoms with E-state index in [0.717, 1.165) is 12.0 Å². The summed E-state index contributed by atoms with van der Waals surface area (Å²) in [6.07, 6.45) is 7.77. The van der Waals surface area contributed by atoms with Crippen molar-refractivity contribution in [2.24, 2.45) is 0 Å². The van der Waals surface area contributed by atoms with Crippen molar-refractivity contribution in [1.82, 2.24) is 9.80 Å². The number of hydrogen-bond acceptors (Lipinski definition) is 3. The predicted molar refractivity (Wildman–Crippen MR) is 97.7 cm³/mol. The molecule has 6 heteroatoms. The van der Waals surface area contributed by atoms with E-state index in [1.54, 1.807) is 0 Å². The van der Waals surface area contributed by atoms with Gasteiger partial charge in [0.25, 0.3) is 0 Å². The number of carbonyl (C=O) groups excluding carboxylic acids is 1. The third-order valence-corrected chi connectivity index (χ3v) is 6.83. The minimum atomic E-state index is 0.150. The Morgan fingerprint density at radius 3 is 2.61 bits per heavy atom. The first-order valence-electron chi connectivity index (χ1n) is 8.49. The molecule has 0 spiro atoms. The van der Waals surface area contributed by atoms with E-state index >= 15 is 0 Å². The van der Waals surface area contributed by atoms with Gasteiger partial charge in [-0.15, -0.1) is 11.3 Å². The minimum Gasteiger partial charge on any atom is -0.341 e. The highest BCUT2D eigenvalue weighted by Crippen LogP contribution is 2.33. The summed E-state index contributed by atoms with van der Waals surface area (Å²) in [5.41, 5.74) is 0.854. The van der Waals surface area contributed by atoms with Crippen LogP contribution >= 0.6 is 34.5 Å². The lowest BCUT2D eigenvalue weighted by Gasteiger charge is -2.42. The highest BCUT2D eigenvalue weighted by atomic mass is 35.5. The quantitative estimate of drug-likeness (QED) is 0.776. The second-order valence-corrected chi connectivity index (χ2v) is 8.98. The molecule has 3 rings (SSSR count). The lowest BCUT2D eigenvalue weighted by molar-refractivity contribution is -0.133. The maximum atomic E-state index is 12.7. The highest BCUT2D eigenvalue weighted by molar-refractivity contribution is 7.20. The van der Waals surface area contributed by atoms with Gasteiger partial charge in [-0.3, -0.25) is 9.69 Å². The SMILES string of the molecule is CN(C(=O)Cc1cc(Cl)sc1Cl)[C@@H]1CCCC[C@H]1N1CCCC1. The molecule has 0 unspecified atom stereocenters. The smallest absolute Gasteiger partial charge is 0.227 e. The number of thiophene rings is 1. The Balaban J connectivity index is 1.67. The Morgan fingerprint density at radius 2 is 1.96 bits per heavy atom. The molecule has 1 saturated heterocycles. The molecule has 2 fully saturated rings. The Hall–Kier alpha value is -0.290. The summed E-state index contributed by atoms with van der Waals surface area (Å²) in [6.45, 7) is 2.38. The van der Waals surface area contributed by atoms with Gasteiger partial charge in [-0.2, -0.15) is 0 Å². The van der Waals surface area contributed by atoms with E-state index < -0.39 is 0 Å². The summed E-state index contributed by atoms with van der Waals surface area (Å²) in [5.74, 6) is 0.150. The molecule has 128 valence electrons. The zero-order chi connectivity index (χ0) is 16.4. The molecule has 0 bridgehead atoms. The predicted octanol–water partition coefficient (Wildman–Crippen LogP) is 4.46. The van der Waals surface area contributed by atoms with Crippen molar-refractivity contribution in [3.8, 4) is 0 Å². The van der Waals surface area contributed by atoms with E-state index in [4.69, 9.17) is 23.2 Å². The van der Waals surface area contributed by atoms with E-state index in [2.05, 4.69) is 4.90 Å². The standard InChI is InChI=1S/C17H24Cl2N2OS/c1-20(16(22)11-12-10-15(18)23-17(12)19)13-6-2-3-7-14(13)21-8-4-5-9-21/h10,13-14H,2-9,11H2,1H3/t13-,14-/m1/s1. The topological polar surface area (TPSA) is 23.6 Å². The maximum absolute atomic E-state index is 12.7. The number of likely N-dealkylation sites (N-methyl/N-ethyl adjacent to an activating group) is 1. The lowest BCUT2D eigenvalue weighted by atomic mass is 9.88. The molecule has 0 radical (unpaired) electrons. The van der Waals surface area contributed by atoms with Gasteiger partial charge >= 0.3 is 0 Å². The summed E-state index contributed by atoms with van der Waals surface area (Å²) in [6, 6.07) is 2.68.